The minimum atomic E-state index is 0.263. The Morgan fingerprint density at radius 2 is 2.22 bits per heavy atom. The zero-order chi connectivity index (χ0) is 12.8. The summed E-state index contributed by atoms with van der Waals surface area (Å²) in [5.74, 6) is 0.797. The average molecular weight is 248 g/mol. The SMILES string of the molecule is COCCCOC1CN(c2cnc(C#N)cn2)C1. The minimum absolute atomic E-state index is 0.263. The molecule has 1 aromatic heterocycles. The molecule has 0 radical (unpaired) electrons. The van der Waals surface area contributed by atoms with E-state index in [1.165, 1.54) is 6.20 Å². The van der Waals surface area contributed by atoms with Crippen LogP contribution in [0.1, 0.15) is 12.1 Å². The lowest BCUT2D eigenvalue weighted by Gasteiger charge is -2.39. The molecule has 2 heterocycles. The molecule has 0 aromatic carbocycles. The molecule has 18 heavy (non-hydrogen) atoms. The van der Waals surface area contributed by atoms with Gasteiger partial charge in [0.05, 0.1) is 18.5 Å². The number of nitrogens with zero attached hydrogens (tertiary/aromatic N) is 4. The number of aromatic nitrogens is 2. The fourth-order valence-corrected chi connectivity index (χ4v) is 1.73. The molecule has 2 rings (SSSR count). The highest BCUT2D eigenvalue weighted by Crippen LogP contribution is 2.19. The van der Waals surface area contributed by atoms with Gasteiger partial charge in [0.25, 0.3) is 0 Å². The van der Waals surface area contributed by atoms with Gasteiger partial charge in [0.1, 0.15) is 11.9 Å². The molecule has 1 fully saturated rings. The Kier molecular flexibility index (Phi) is 4.45. The molecule has 0 bridgehead atoms. The van der Waals surface area contributed by atoms with Gasteiger partial charge in [-0.15, -0.1) is 0 Å². The van der Waals surface area contributed by atoms with Crippen LogP contribution in [-0.2, 0) is 9.47 Å². The van der Waals surface area contributed by atoms with Gasteiger partial charge in [-0.1, -0.05) is 0 Å². The van der Waals surface area contributed by atoms with E-state index < -0.39 is 0 Å². The Bertz CT molecular complexity index is 409. The van der Waals surface area contributed by atoms with Gasteiger partial charge in [0.15, 0.2) is 5.69 Å². The Morgan fingerprint density at radius 3 is 2.83 bits per heavy atom. The normalized spacial score (nSPS) is 15.2. The standard InChI is InChI=1S/C12H16N4O2/c1-17-3-2-4-18-11-8-16(9-11)12-7-14-10(5-13)6-15-12/h6-7,11H,2-4,8-9H2,1H3. The molecule has 1 saturated heterocycles. The summed E-state index contributed by atoms with van der Waals surface area (Å²) in [5.41, 5.74) is 0.339. The van der Waals surface area contributed by atoms with Gasteiger partial charge in [-0.05, 0) is 6.42 Å². The minimum Gasteiger partial charge on any atom is -0.385 e. The van der Waals surface area contributed by atoms with E-state index in [1.54, 1.807) is 13.3 Å². The first-order valence-corrected chi connectivity index (χ1v) is 5.91. The molecule has 0 saturated carbocycles. The van der Waals surface area contributed by atoms with Crippen molar-refractivity contribution in [3.63, 3.8) is 0 Å². The van der Waals surface area contributed by atoms with Crippen LogP contribution in [0.15, 0.2) is 12.4 Å². The molecule has 6 heteroatoms. The molecular formula is C12H16N4O2. The van der Waals surface area contributed by atoms with Crippen molar-refractivity contribution >= 4 is 5.82 Å². The fourth-order valence-electron chi connectivity index (χ4n) is 1.73. The third-order valence-corrected chi connectivity index (χ3v) is 2.77. The smallest absolute Gasteiger partial charge is 0.158 e. The summed E-state index contributed by atoms with van der Waals surface area (Å²) < 4.78 is 10.6. The van der Waals surface area contributed by atoms with E-state index in [1.807, 2.05) is 6.07 Å². The van der Waals surface area contributed by atoms with Crippen molar-refractivity contribution in [1.29, 1.82) is 5.26 Å². The highest BCUT2D eigenvalue weighted by Gasteiger charge is 2.28. The second-order valence-electron chi connectivity index (χ2n) is 4.12. The summed E-state index contributed by atoms with van der Waals surface area (Å²) in [5, 5.41) is 8.62. The number of nitriles is 1. The Balaban J connectivity index is 1.70. The van der Waals surface area contributed by atoms with Crippen LogP contribution in [0.25, 0.3) is 0 Å². The predicted molar refractivity (Wildman–Crippen MR) is 65.2 cm³/mol. The maximum absolute atomic E-state index is 8.62. The third-order valence-electron chi connectivity index (χ3n) is 2.77. The molecule has 0 spiro atoms. The molecule has 0 amide bonds. The van der Waals surface area contributed by atoms with Gasteiger partial charge in [-0.3, -0.25) is 0 Å². The Hall–Kier alpha value is -1.71. The van der Waals surface area contributed by atoms with Crippen molar-refractivity contribution in [2.45, 2.75) is 12.5 Å². The molecule has 0 aliphatic carbocycles. The van der Waals surface area contributed by atoms with Crippen LogP contribution in [0.2, 0.25) is 0 Å². The summed E-state index contributed by atoms with van der Waals surface area (Å²) in [6.07, 6.45) is 4.30. The summed E-state index contributed by atoms with van der Waals surface area (Å²) in [4.78, 5) is 10.2. The molecule has 6 nitrogen and oxygen atoms in total. The molecule has 0 atom stereocenters. The lowest BCUT2D eigenvalue weighted by Crippen LogP contribution is -2.52. The van der Waals surface area contributed by atoms with Crippen molar-refractivity contribution in [3.8, 4) is 6.07 Å². The van der Waals surface area contributed by atoms with Gasteiger partial charge >= 0.3 is 0 Å². The van der Waals surface area contributed by atoms with Crippen molar-refractivity contribution in [1.82, 2.24) is 9.97 Å². The molecule has 96 valence electrons. The topological polar surface area (TPSA) is 71.3 Å². The second kappa shape index (κ2) is 6.28. The number of rotatable bonds is 6. The van der Waals surface area contributed by atoms with Crippen molar-refractivity contribution in [3.05, 3.63) is 18.1 Å². The number of hydrogen-bond donors (Lipinski definition) is 0. The largest absolute Gasteiger partial charge is 0.385 e. The highest BCUT2D eigenvalue weighted by atomic mass is 16.5. The van der Waals surface area contributed by atoms with Crippen molar-refractivity contribution in [2.75, 3.05) is 38.3 Å². The van der Waals surface area contributed by atoms with Crippen LogP contribution in [-0.4, -0.2) is 49.5 Å². The fraction of sp³-hybridized carbons (Fsp3) is 0.583. The first kappa shape index (κ1) is 12.7. The summed E-state index contributed by atoms with van der Waals surface area (Å²) in [6, 6.07) is 1.95. The summed E-state index contributed by atoms with van der Waals surface area (Å²) >= 11 is 0. The molecule has 1 aromatic rings. The van der Waals surface area contributed by atoms with Gasteiger partial charge in [0.2, 0.25) is 0 Å². The third kappa shape index (κ3) is 3.15. The van der Waals surface area contributed by atoms with E-state index in [0.29, 0.717) is 5.69 Å². The first-order valence-electron chi connectivity index (χ1n) is 5.91. The molecule has 0 unspecified atom stereocenters. The van der Waals surface area contributed by atoms with Crippen LogP contribution in [0.4, 0.5) is 5.82 Å². The lowest BCUT2D eigenvalue weighted by atomic mass is 10.2. The van der Waals surface area contributed by atoms with E-state index in [9.17, 15) is 0 Å². The Labute approximate surface area is 106 Å². The van der Waals surface area contributed by atoms with E-state index >= 15 is 0 Å². The van der Waals surface area contributed by atoms with E-state index in [0.717, 1.165) is 38.5 Å². The maximum Gasteiger partial charge on any atom is 0.158 e. The van der Waals surface area contributed by atoms with Crippen LogP contribution >= 0.6 is 0 Å². The van der Waals surface area contributed by atoms with Crippen LogP contribution < -0.4 is 4.90 Å². The quantitative estimate of drug-likeness (QED) is 0.686. The number of hydrogen-bond acceptors (Lipinski definition) is 6. The Morgan fingerprint density at radius 1 is 1.39 bits per heavy atom. The molecule has 1 aliphatic rings. The second-order valence-corrected chi connectivity index (χ2v) is 4.12. The summed E-state index contributed by atoms with van der Waals surface area (Å²) in [7, 11) is 1.69. The summed E-state index contributed by atoms with van der Waals surface area (Å²) in [6.45, 7) is 3.12. The molecular weight excluding hydrogens is 232 g/mol. The monoisotopic (exact) mass is 248 g/mol. The molecule has 0 N–H and O–H groups in total. The van der Waals surface area contributed by atoms with E-state index in [4.69, 9.17) is 14.7 Å². The number of anilines is 1. The average Bonchev–Trinajstić information content (AvgIpc) is 2.37. The zero-order valence-electron chi connectivity index (χ0n) is 10.4. The van der Waals surface area contributed by atoms with Crippen molar-refractivity contribution in [2.24, 2.45) is 0 Å². The van der Waals surface area contributed by atoms with Gasteiger partial charge in [0, 0.05) is 33.4 Å². The van der Waals surface area contributed by atoms with Gasteiger partial charge in [-0.2, -0.15) is 5.26 Å². The van der Waals surface area contributed by atoms with E-state index in [2.05, 4.69) is 14.9 Å². The van der Waals surface area contributed by atoms with Crippen molar-refractivity contribution < 1.29 is 9.47 Å². The zero-order valence-corrected chi connectivity index (χ0v) is 10.4. The van der Waals surface area contributed by atoms with Crippen LogP contribution in [0.3, 0.4) is 0 Å². The maximum atomic E-state index is 8.62. The van der Waals surface area contributed by atoms with Gasteiger partial charge < -0.3 is 14.4 Å². The number of methoxy groups -OCH3 is 1. The lowest BCUT2D eigenvalue weighted by molar-refractivity contribution is 0.0230. The van der Waals surface area contributed by atoms with E-state index in [-0.39, 0.29) is 6.10 Å². The molecule has 1 aliphatic heterocycles. The van der Waals surface area contributed by atoms with Crippen LogP contribution in [0, 0.1) is 11.3 Å². The first-order chi connectivity index (χ1) is 8.83. The highest BCUT2D eigenvalue weighted by molar-refractivity contribution is 5.40. The van der Waals surface area contributed by atoms with Crippen LogP contribution in [0.5, 0.6) is 0 Å². The predicted octanol–water partition coefficient (Wildman–Crippen LogP) is 0.590. The number of ether oxygens (including phenoxy) is 2. The van der Waals surface area contributed by atoms with Gasteiger partial charge in [-0.25, -0.2) is 9.97 Å².